The first-order valence-electron chi connectivity index (χ1n) is 9.96. The number of nitrogens with zero attached hydrogens (tertiary/aromatic N) is 1. The number of aryl methyl sites for hydroxylation is 1. The largest absolute Gasteiger partial charge is 0.755 e. The van der Waals surface area contributed by atoms with E-state index in [4.69, 9.17) is 4.74 Å². The molecule has 0 saturated carbocycles. The number of esters is 1. The molecule has 2 N–H and O–H groups in total. The molecule has 0 radical (unpaired) electrons. The molecule has 0 bridgehead atoms. The van der Waals surface area contributed by atoms with Crippen molar-refractivity contribution in [3.05, 3.63) is 45.9 Å². The van der Waals surface area contributed by atoms with Crippen LogP contribution in [0.25, 0.3) is 0 Å². The number of rotatable bonds is 10. The number of hydrogen-bond acceptors (Lipinski definition) is 7. The van der Waals surface area contributed by atoms with Crippen LogP contribution in [0.2, 0.25) is 0 Å². The van der Waals surface area contributed by atoms with Gasteiger partial charge in [-0.05, 0) is 51.3 Å². The van der Waals surface area contributed by atoms with Crippen molar-refractivity contribution < 1.29 is 23.1 Å². The number of thiazole rings is 1. The lowest BCUT2D eigenvalue weighted by Crippen LogP contribution is -2.31. The van der Waals surface area contributed by atoms with Crippen LogP contribution in [0.4, 0.5) is 5.69 Å². The van der Waals surface area contributed by atoms with E-state index in [1.165, 1.54) is 11.3 Å². The lowest BCUT2D eigenvalue weighted by Gasteiger charge is -2.20. The Hall–Kier alpha value is -2.30. The van der Waals surface area contributed by atoms with E-state index in [1.54, 1.807) is 45.0 Å². The first-order chi connectivity index (χ1) is 14.6. The third-order valence-electron chi connectivity index (χ3n) is 4.14. The van der Waals surface area contributed by atoms with Crippen LogP contribution in [0.5, 0.6) is 0 Å². The topological polar surface area (TPSA) is 120 Å². The maximum absolute atomic E-state index is 12.5. The Labute approximate surface area is 189 Å². The van der Waals surface area contributed by atoms with Gasteiger partial charge in [0.1, 0.15) is 10.6 Å². The zero-order valence-corrected chi connectivity index (χ0v) is 19.7. The van der Waals surface area contributed by atoms with Crippen molar-refractivity contribution in [1.29, 1.82) is 0 Å². The molecule has 1 aromatic heterocycles. The molecule has 1 unspecified atom stereocenters. The second-order valence-corrected chi connectivity index (χ2v) is 9.54. The molecule has 2 atom stereocenters. The molecule has 1 aromatic carbocycles. The van der Waals surface area contributed by atoms with Crippen LogP contribution in [0.3, 0.4) is 0 Å². The Morgan fingerprint density at radius 1 is 1.23 bits per heavy atom. The average molecular weight is 467 g/mol. The first kappa shape index (κ1) is 25.0. The number of hydrogen-bond donors (Lipinski definition) is 2. The molecule has 0 fully saturated rings. The molecule has 0 aliphatic heterocycles. The van der Waals surface area contributed by atoms with E-state index < -0.39 is 22.8 Å². The molecule has 0 spiro atoms. The lowest BCUT2D eigenvalue weighted by molar-refractivity contribution is -0.155. The summed E-state index contributed by atoms with van der Waals surface area (Å²) in [6.45, 7) is 7.36. The van der Waals surface area contributed by atoms with Gasteiger partial charge in [0.2, 0.25) is 5.91 Å². The summed E-state index contributed by atoms with van der Waals surface area (Å²) in [6, 6.07) is 6.55. The number of amides is 1. The van der Waals surface area contributed by atoms with Crippen molar-refractivity contribution in [1.82, 2.24) is 10.3 Å². The Balaban J connectivity index is 2.06. The summed E-state index contributed by atoms with van der Waals surface area (Å²) in [6.07, 6.45) is 1.30. The van der Waals surface area contributed by atoms with Crippen LogP contribution in [-0.2, 0) is 38.4 Å². The van der Waals surface area contributed by atoms with Crippen molar-refractivity contribution in [2.24, 2.45) is 0 Å². The monoisotopic (exact) mass is 466 g/mol. The number of benzene rings is 1. The summed E-state index contributed by atoms with van der Waals surface area (Å²) >= 11 is -0.910. The van der Waals surface area contributed by atoms with Gasteiger partial charge in [0.05, 0.1) is 18.2 Å². The summed E-state index contributed by atoms with van der Waals surface area (Å²) in [4.78, 5) is 29.0. The van der Waals surface area contributed by atoms with Crippen molar-refractivity contribution in [3.63, 3.8) is 0 Å². The van der Waals surface area contributed by atoms with Gasteiger partial charge in [0.15, 0.2) is 0 Å². The van der Waals surface area contributed by atoms with Crippen LogP contribution in [-0.4, -0.2) is 31.2 Å². The van der Waals surface area contributed by atoms with Crippen LogP contribution in [0.1, 0.15) is 62.8 Å². The minimum absolute atomic E-state index is 0.000599. The van der Waals surface area contributed by atoms with Crippen molar-refractivity contribution >= 4 is 40.2 Å². The minimum atomic E-state index is -2.39. The molecule has 1 amide bonds. The fourth-order valence-corrected chi connectivity index (χ4v) is 4.04. The highest BCUT2D eigenvalue weighted by Gasteiger charge is 2.21. The standard InChI is InChI=1S/C21H29N3O5S2/c1-5-15-13-30-20(22-15)17(12-14-6-8-16(9-7-14)24-31(27)28)23-18(25)10-11-19(26)29-21(2,3)4/h6-9,13,17,24H,5,10-12H2,1-4H3,(H,23,25)(H,27,28)/p-1/t17-/m0/s1. The third kappa shape index (κ3) is 9.16. The van der Waals surface area contributed by atoms with E-state index in [1.807, 2.05) is 12.3 Å². The Morgan fingerprint density at radius 3 is 2.45 bits per heavy atom. The van der Waals surface area contributed by atoms with Crippen molar-refractivity contribution in [2.75, 3.05) is 4.72 Å². The van der Waals surface area contributed by atoms with Crippen LogP contribution in [0, 0.1) is 0 Å². The number of nitrogens with one attached hydrogen (secondary N) is 2. The predicted molar refractivity (Wildman–Crippen MR) is 120 cm³/mol. The van der Waals surface area contributed by atoms with E-state index in [0.717, 1.165) is 22.7 Å². The molecule has 10 heteroatoms. The number of ether oxygens (including phenoxy) is 1. The molecule has 2 aromatic rings. The maximum Gasteiger partial charge on any atom is 0.306 e. The highest BCUT2D eigenvalue weighted by Crippen LogP contribution is 2.24. The van der Waals surface area contributed by atoms with Crippen LogP contribution < -0.4 is 10.0 Å². The fourth-order valence-electron chi connectivity index (χ4n) is 2.76. The molecule has 8 nitrogen and oxygen atoms in total. The molecular formula is C21H28N3O5S2-. The van der Waals surface area contributed by atoms with Gasteiger partial charge in [-0.15, -0.1) is 11.3 Å². The highest BCUT2D eigenvalue weighted by molar-refractivity contribution is 7.80. The highest BCUT2D eigenvalue weighted by atomic mass is 32.2. The smallest absolute Gasteiger partial charge is 0.306 e. The summed E-state index contributed by atoms with van der Waals surface area (Å²) in [5, 5.41) is 5.72. The molecule has 31 heavy (non-hydrogen) atoms. The van der Waals surface area contributed by atoms with Gasteiger partial charge in [-0.25, -0.2) is 4.98 Å². The first-order valence-corrected chi connectivity index (χ1v) is 11.9. The molecule has 1 heterocycles. The number of anilines is 1. The van der Waals surface area contributed by atoms with Gasteiger partial charge in [-0.3, -0.25) is 13.8 Å². The zero-order valence-electron chi connectivity index (χ0n) is 18.1. The SMILES string of the molecule is CCc1csc([C@H](Cc2ccc(NS(=O)[O-])cc2)NC(=O)CCC(=O)OC(C)(C)C)n1. The Morgan fingerprint density at radius 2 is 1.90 bits per heavy atom. The molecular weight excluding hydrogens is 438 g/mol. The second kappa shape index (κ2) is 11.4. The minimum Gasteiger partial charge on any atom is -0.755 e. The van der Waals surface area contributed by atoms with Crippen molar-refractivity contribution in [3.8, 4) is 0 Å². The van der Waals surface area contributed by atoms with Gasteiger partial charge < -0.3 is 19.3 Å². The summed E-state index contributed by atoms with van der Waals surface area (Å²) in [7, 11) is 0. The second-order valence-electron chi connectivity index (χ2n) is 7.97. The average Bonchev–Trinajstić information content (AvgIpc) is 3.15. The molecule has 0 aliphatic rings. The summed E-state index contributed by atoms with van der Waals surface area (Å²) < 4.78 is 29.1. The Kier molecular flexibility index (Phi) is 9.15. The van der Waals surface area contributed by atoms with Gasteiger partial charge in [0, 0.05) is 28.8 Å². The van der Waals surface area contributed by atoms with Crippen LogP contribution >= 0.6 is 11.3 Å². The lowest BCUT2D eigenvalue weighted by atomic mass is 10.1. The quantitative estimate of drug-likeness (QED) is 0.409. The fraction of sp³-hybridized carbons (Fsp3) is 0.476. The van der Waals surface area contributed by atoms with E-state index >= 15 is 0 Å². The van der Waals surface area contributed by atoms with E-state index in [9.17, 15) is 18.4 Å². The normalized spacial score (nSPS) is 13.3. The summed E-state index contributed by atoms with van der Waals surface area (Å²) in [5.41, 5.74) is 1.73. The molecule has 170 valence electrons. The Bertz CT molecular complexity index is 906. The van der Waals surface area contributed by atoms with Gasteiger partial charge in [-0.1, -0.05) is 19.1 Å². The van der Waals surface area contributed by atoms with E-state index in [0.29, 0.717) is 12.1 Å². The maximum atomic E-state index is 12.5. The van der Waals surface area contributed by atoms with E-state index in [2.05, 4.69) is 15.0 Å². The predicted octanol–water partition coefficient (Wildman–Crippen LogP) is 3.43. The number of carbonyl (C=O) groups is 2. The molecule has 2 rings (SSSR count). The molecule has 0 aliphatic carbocycles. The van der Waals surface area contributed by atoms with Gasteiger partial charge >= 0.3 is 5.97 Å². The number of carbonyl (C=O) groups excluding carboxylic acids is 2. The zero-order chi connectivity index (χ0) is 23.0. The van der Waals surface area contributed by atoms with E-state index in [-0.39, 0.29) is 24.8 Å². The third-order valence-corrected chi connectivity index (χ3v) is 5.55. The van der Waals surface area contributed by atoms with Gasteiger partial charge in [0.25, 0.3) is 0 Å². The van der Waals surface area contributed by atoms with Crippen LogP contribution in [0.15, 0.2) is 29.6 Å². The van der Waals surface area contributed by atoms with Gasteiger partial charge in [-0.2, -0.15) is 0 Å². The van der Waals surface area contributed by atoms with Crippen molar-refractivity contribution in [2.45, 2.75) is 65.0 Å². The molecule has 0 saturated heterocycles. The number of aromatic nitrogens is 1. The summed E-state index contributed by atoms with van der Waals surface area (Å²) in [5.74, 6) is -0.676.